The lowest BCUT2D eigenvalue weighted by Crippen LogP contribution is -2.58. The van der Waals surface area contributed by atoms with E-state index in [1.807, 2.05) is 17.9 Å². The van der Waals surface area contributed by atoms with Gasteiger partial charge in [-0.1, -0.05) is 0 Å². The van der Waals surface area contributed by atoms with Gasteiger partial charge in [-0.3, -0.25) is 9.58 Å². The van der Waals surface area contributed by atoms with Gasteiger partial charge in [-0.25, -0.2) is 0 Å². The summed E-state index contributed by atoms with van der Waals surface area (Å²) in [5.41, 5.74) is 1.61. The SMILES string of the molecule is Cn1cc(CCN2CCNCC2(C)C)cn1. The molecular weight excluding hydrogens is 200 g/mol. The fraction of sp³-hybridized carbons (Fsp3) is 0.750. The van der Waals surface area contributed by atoms with E-state index in [2.05, 4.69) is 35.4 Å². The van der Waals surface area contributed by atoms with Crippen LogP contribution >= 0.6 is 0 Å². The topological polar surface area (TPSA) is 33.1 Å². The first-order valence-electron chi connectivity index (χ1n) is 6.01. The number of aromatic nitrogens is 2. The molecule has 4 heteroatoms. The highest BCUT2D eigenvalue weighted by molar-refractivity contribution is 5.04. The van der Waals surface area contributed by atoms with Crippen LogP contribution in [0.5, 0.6) is 0 Å². The molecule has 90 valence electrons. The van der Waals surface area contributed by atoms with Crippen molar-refractivity contribution in [3.05, 3.63) is 18.0 Å². The molecule has 1 aromatic heterocycles. The monoisotopic (exact) mass is 222 g/mol. The molecular formula is C12H22N4. The fourth-order valence-electron chi connectivity index (χ4n) is 2.30. The van der Waals surface area contributed by atoms with Crippen LogP contribution in [-0.4, -0.2) is 46.4 Å². The van der Waals surface area contributed by atoms with Crippen LogP contribution in [0.25, 0.3) is 0 Å². The van der Waals surface area contributed by atoms with Gasteiger partial charge < -0.3 is 5.32 Å². The Morgan fingerprint density at radius 3 is 2.94 bits per heavy atom. The van der Waals surface area contributed by atoms with E-state index in [1.165, 1.54) is 5.56 Å². The first kappa shape index (κ1) is 11.6. The van der Waals surface area contributed by atoms with E-state index in [1.54, 1.807) is 0 Å². The molecule has 1 saturated heterocycles. The van der Waals surface area contributed by atoms with Gasteiger partial charge in [0.2, 0.25) is 0 Å². The number of nitrogens with zero attached hydrogens (tertiary/aromatic N) is 3. The van der Waals surface area contributed by atoms with Crippen molar-refractivity contribution in [1.82, 2.24) is 20.0 Å². The Morgan fingerprint density at radius 1 is 1.50 bits per heavy atom. The minimum absolute atomic E-state index is 0.278. The summed E-state index contributed by atoms with van der Waals surface area (Å²) in [6.07, 6.45) is 5.17. The van der Waals surface area contributed by atoms with Gasteiger partial charge in [0.05, 0.1) is 6.20 Å². The van der Waals surface area contributed by atoms with Crippen molar-refractivity contribution in [3.63, 3.8) is 0 Å². The number of rotatable bonds is 3. The van der Waals surface area contributed by atoms with Crippen LogP contribution in [0.4, 0.5) is 0 Å². The molecule has 0 aliphatic carbocycles. The van der Waals surface area contributed by atoms with Crippen LogP contribution in [-0.2, 0) is 13.5 Å². The van der Waals surface area contributed by atoms with Crippen molar-refractivity contribution < 1.29 is 0 Å². The summed E-state index contributed by atoms with van der Waals surface area (Å²) in [4.78, 5) is 2.57. The minimum atomic E-state index is 0.278. The van der Waals surface area contributed by atoms with E-state index >= 15 is 0 Å². The number of aryl methyl sites for hydroxylation is 1. The molecule has 0 atom stereocenters. The average Bonchev–Trinajstić information content (AvgIpc) is 2.62. The van der Waals surface area contributed by atoms with Gasteiger partial charge in [-0.05, 0) is 25.8 Å². The summed E-state index contributed by atoms with van der Waals surface area (Å²) >= 11 is 0. The van der Waals surface area contributed by atoms with Crippen molar-refractivity contribution in [2.45, 2.75) is 25.8 Å². The molecule has 2 heterocycles. The third-order valence-corrected chi connectivity index (χ3v) is 3.40. The molecule has 1 aromatic rings. The van der Waals surface area contributed by atoms with Crippen LogP contribution in [0.1, 0.15) is 19.4 Å². The molecule has 4 nitrogen and oxygen atoms in total. The van der Waals surface area contributed by atoms with Crippen LogP contribution in [0.2, 0.25) is 0 Å². The summed E-state index contributed by atoms with van der Waals surface area (Å²) < 4.78 is 1.87. The molecule has 2 rings (SSSR count). The molecule has 0 unspecified atom stereocenters. The molecule has 0 spiro atoms. The van der Waals surface area contributed by atoms with Crippen molar-refractivity contribution in [3.8, 4) is 0 Å². The summed E-state index contributed by atoms with van der Waals surface area (Å²) in [6.45, 7) is 9.08. The standard InChI is InChI=1S/C12H22N4/c1-12(2)10-13-5-7-16(12)6-4-11-8-14-15(3)9-11/h8-9,13H,4-7,10H2,1-3H3. The summed E-state index contributed by atoms with van der Waals surface area (Å²) in [5, 5.41) is 7.65. The lowest BCUT2D eigenvalue weighted by molar-refractivity contribution is 0.0921. The highest BCUT2D eigenvalue weighted by atomic mass is 15.3. The predicted molar refractivity (Wildman–Crippen MR) is 65.4 cm³/mol. The molecule has 0 saturated carbocycles. The molecule has 0 radical (unpaired) electrons. The van der Waals surface area contributed by atoms with Crippen LogP contribution in [0.3, 0.4) is 0 Å². The Kier molecular flexibility index (Phi) is 3.30. The normalized spacial score (nSPS) is 21.2. The third-order valence-electron chi connectivity index (χ3n) is 3.40. The molecule has 1 aliphatic heterocycles. The Hall–Kier alpha value is -0.870. The largest absolute Gasteiger partial charge is 0.314 e. The molecule has 1 aliphatic rings. The molecule has 16 heavy (non-hydrogen) atoms. The lowest BCUT2D eigenvalue weighted by Gasteiger charge is -2.42. The molecule has 1 fully saturated rings. The zero-order chi connectivity index (χ0) is 11.6. The van der Waals surface area contributed by atoms with E-state index in [-0.39, 0.29) is 5.54 Å². The molecule has 1 N–H and O–H groups in total. The van der Waals surface area contributed by atoms with Crippen molar-refractivity contribution in [2.75, 3.05) is 26.2 Å². The lowest BCUT2D eigenvalue weighted by atomic mass is 9.99. The highest BCUT2D eigenvalue weighted by Crippen LogP contribution is 2.16. The Balaban J connectivity index is 1.89. The first-order valence-corrected chi connectivity index (χ1v) is 6.01. The zero-order valence-electron chi connectivity index (χ0n) is 10.5. The van der Waals surface area contributed by atoms with E-state index in [4.69, 9.17) is 0 Å². The van der Waals surface area contributed by atoms with Gasteiger partial charge in [-0.2, -0.15) is 5.10 Å². The van der Waals surface area contributed by atoms with Crippen LogP contribution in [0, 0.1) is 0 Å². The number of hydrogen-bond acceptors (Lipinski definition) is 3. The van der Waals surface area contributed by atoms with Gasteiger partial charge in [0.15, 0.2) is 0 Å². The van der Waals surface area contributed by atoms with Gasteiger partial charge in [-0.15, -0.1) is 0 Å². The minimum Gasteiger partial charge on any atom is -0.314 e. The molecule has 0 bridgehead atoms. The smallest absolute Gasteiger partial charge is 0.0522 e. The van der Waals surface area contributed by atoms with E-state index in [0.717, 1.165) is 32.6 Å². The van der Waals surface area contributed by atoms with Gasteiger partial charge in [0.25, 0.3) is 0 Å². The summed E-state index contributed by atoms with van der Waals surface area (Å²) in [6, 6.07) is 0. The maximum Gasteiger partial charge on any atom is 0.0522 e. The van der Waals surface area contributed by atoms with Crippen LogP contribution in [0.15, 0.2) is 12.4 Å². The van der Waals surface area contributed by atoms with Crippen molar-refractivity contribution in [2.24, 2.45) is 7.05 Å². The second kappa shape index (κ2) is 4.55. The van der Waals surface area contributed by atoms with Gasteiger partial charge >= 0.3 is 0 Å². The van der Waals surface area contributed by atoms with Crippen molar-refractivity contribution >= 4 is 0 Å². The predicted octanol–water partition coefficient (Wildman–Crippen LogP) is 0.646. The van der Waals surface area contributed by atoms with Crippen molar-refractivity contribution in [1.29, 1.82) is 0 Å². The first-order chi connectivity index (χ1) is 7.58. The maximum atomic E-state index is 4.20. The van der Waals surface area contributed by atoms with E-state index < -0.39 is 0 Å². The highest BCUT2D eigenvalue weighted by Gasteiger charge is 2.28. The number of hydrogen-bond donors (Lipinski definition) is 1. The second-order valence-electron chi connectivity index (χ2n) is 5.25. The Bertz CT molecular complexity index is 343. The Labute approximate surface area is 97.6 Å². The fourth-order valence-corrected chi connectivity index (χ4v) is 2.30. The van der Waals surface area contributed by atoms with Gasteiger partial charge in [0.1, 0.15) is 0 Å². The summed E-state index contributed by atoms with van der Waals surface area (Å²) in [5.74, 6) is 0. The average molecular weight is 222 g/mol. The molecule has 0 aromatic carbocycles. The zero-order valence-corrected chi connectivity index (χ0v) is 10.5. The third kappa shape index (κ3) is 2.62. The quantitative estimate of drug-likeness (QED) is 0.815. The number of nitrogens with one attached hydrogen (secondary N) is 1. The molecule has 0 amide bonds. The maximum absolute atomic E-state index is 4.20. The van der Waals surface area contributed by atoms with Gasteiger partial charge in [0, 0.05) is 45.0 Å². The Morgan fingerprint density at radius 2 is 2.31 bits per heavy atom. The van der Waals surface area contributed by atoms with Crippen LogP contribution < -0.4 is 5.32 Å². The number of piperazine rings is 1. The second-order valence-corrected chi connectivity index (χ2v) is 5.25. The summed E-state index contributed by atoms with van der Waals surface area (Å²) in [7, 11) is 1.97. The van der Waals surface area contributed by atoms with E-state index in [9.17, 15) is 0 Å². The van der Waals surface area contributed by atoms with E-state index in [0.29, 0.717) is 0 Å².